The molecule has 174 valence electrons. The van der Waals surface area contributed by atoms with E-state index in [4.69, 9.17) is 14.7 Å². The van der Waals surface area contributed by atoms with Crippen molar-refractivity contribution < 1.29 is 9.53 Å². The van der Waals surface area contributed by atoms with Gasteiger partial charge in [-0.2, -0.15) is 10.1 Å². The molecule has 4 aromatic rings. The third-order valence-corrected chi connectivity index (χ3v) is 6.01. The van der Waals surface area contributed by atoms with Crippen LogP contribution in [-0.4, -0.2) is 51.8 Å². The maximum absolute atomic E-state index is 12.2. The lowest BCUT2D eigenvalue weighted by Gasteiger charge is -2.27. The summed E-state index contributed by atoms with van der Waals surface area (Å²) in [4.78, 5) is 24.0. The Morgan fingerprint density at radius 3 is 2.62 bits per heavy atom. The van der Waals surface area contributed by atoms with Crippen molar-refractivity contribution in [3.8, 4) is 11.3 Å². The summed E-state index contributed by atoms with van der Waals surface area (Å²) in [5.41, 5.74) is 4.47. The number of hydrogen-bond acceptors (Lipinski definition) is 7. The molecular formula is C26H28N6O2. The first-order valence-corrected chi connectivity index (χ1v) is 11.6. The average molecular weight is 457 g/mol. The van der Waals surface area contributed by atoms with Crippen LogP contribution in [0.3, 0.4) is 0 Å². The second kappa shape index (κ2) is 9.61. The molecule has 1 saturated heterocycles. The standard InChI is InChI=1S/C26H28N6O2/c1-3-4-24(33)18-7-9-21(10-8-18)28-25-16-22(29-26(30-25)32-11-13-34-14-12-32)19-5-6-20-17-27-31(2)23(20)15-19/h5-10,15-17H,3-4,11-14H2,1-2H3,(H,28,29,30). The normalized spacial score (nSPS) is 13.9. The third kappa shape index (κ3) is 4.63. The number of ketones is 1. The molecule has 5 rings (SSSR count). The smallest absolute Gasteiger partial charge is 0.228 e. The summed E-state index contributed by atoms with van der Waals surface area (Å²) in [6.45, 7) is 4.82. The fourth-order valence-corrected chi connectivity index (χ4v) is 4.11. The SMILES string of the molecule is CCCC(=O)c1ccc(Nc2cc(-c3ccc4cnn(C)c4c3)nc(N3CCOCC3)n2)cc1. The number of nitrogens with one attached hydrogen (secondary N) is 1. The summed E-state index contributed by atoms with van der Waals surface area (Å²) in [7, 11) is 1.94. The van der Waals surface area contributed by atoms with E-state index in [1.807, 2.05) is 55.2 Å². The Hall–Kier alpha value is -3.78. The summed E-state index contributed by atoms with van der Waals surface area (Å²) in [5.74, 6) is 1.53. The van der Waals surface area contributed by atoms with Crippen molar-refractivity contribution in [2.45, 2.75) is 19.8 Å². The van der Waals surface area contributed by atoms with Gasteiger partial charge in [-0.15, -0.1) is 0 Å². The van der Waals surface area contributed by atoms with Gasteiger partial charge in [0.25, 0.3) is 0 Å². The third-order valence-electron chi connectivity index (χ3n) is 6.01. The van der Waals surface area contributed by atoms with Gasteiger partial charge in [0, 0.05) is 54.8 Å². The van der Waals surface area contributed by atoms with E-state index in [9.17, 15) is 4.79 Å². The van der Waals surface area contributed by atoms with Crippen molar-refractivity contribution in [3.63, 3.8) is 0 Å². The van der Waals surface area contributed by atoms with Crippen LogP contribution in [0.1, 0.15) is 30.1 Å². The minimum absolute atomic E-state index is 0.165. The van der Waals surface area contributed by atoms with Gasteiger partial charge in [0.15, 0.2) is 5.78 Å². The Kier molecular flexibility index (Phi) is 6.22. The molecule has 3 heterocycles. The topological polar surface area (TPSA) is 85.2 Å². The monoisotopic (exact) mass is 456 g/mol. The van der Waals surface area contributed by atoms with Gasteiger partial charge in [0.2, 0.25) is 5.95 Å². The summed E-state index contributed by atoms with van der Waals surface area (Å²) < 4.78 is 7.38. The summed E-state index contributed by atoms with van der Waals surface area (Å²) >= 11 is 0. The van der Waals surface area contributed by atoms with Crippen LogP contribution in [0.15, 0.2) is 54.7 Å². The molecule has 0 aliphatic carbocycles. The highest BCUT2D eigenvalue weighted by Gasteiger charge is 2.17. The number of ether oxygens (including phenoxy) is 1. The maximum atomic E-state index is 12.2. The highest BCUT2D eigenvalue weighted by Crippen LogP contribution is 2.28. The van der Waals surface area contributed by atoms with E-state index in [-0.39, 0.29) is 5.78 Å². The predicted molar refractivity (Wildman–Crippen MR) is 134 cm³/mol. The molecule has 0 spiro atoms. The Morgan fingerprint density at radius 2 is 1.85 bits per heavy atom. The Balaban J connectivity index is 1.49. The molecule has 0 radical (unpaired) electrons. The highest BCUT2D eigenvalue weighted by atomic mass is 16.5. The molecule has 8 nitrogen and oxygen atoms in total. The van der Waals surface area contributed by atoms with Crippen molar-refractivity contribution in [2.24, 2.45) is 7.05 Å². The lowest BCUT2D eigenvalue weighted by atomic mass is 10.1. The van der Waals surface area contributed by atoms with Crippen LogP contribution in [-0.2, 0) is 11.8 Å². The molecular weight excluding hydrogens is 428 g/mol. The lowest BCUT2D eigenvalue weighted by molar-refractivity contribution is 0.0981. The molecule has 2 aromatic heterocycles. The van der Waals surface area contributed by atoms with Gasteiger partial charge in [-0.05, 0) is 36.8 Å². The number of rotatable bonds is 7. The predicted octanol–water partition coefficient (Wildman–Crippen LogP) is 4.59. The second-order valence-electron chi connectivity index (χ2n) is 8.46. The highest BCUT2D eigenvalue weighted by molar-refractivity contribution is 5.96. The summed E-state index contributed by atoms with van der Waals surface area (Å²) in [5, 5.41) is 8.84. The zero-order valence-electron chi connectivity index (χ0n) is 19.5. The molecule has 0 atom stereocenters. The van der Waals surface area contributed by atoms with Gasteiger partial charge in [0.1, 0.15) is 5.82 Å². The van der Waals surface area contributed by atoms with Gasteiger partial charge < -0.3 is 15.0 Å². The zero-order valence-corrected chi connectivity index (χ0v) is 19.5. The first kappa shape index (κ1) is 22.0. The number of anilines is 3. The molecule has 0 unspecified atom stereocenters. The van der Waals surface area contributed by atoms with Crippen molar-refractivity contribution in [2.75, 3.05) is 36.5 Å². The van der Waals surface area contributed by atoms with Crippen LogP contribution in [0.5, 0.6) is 0 Å². The first-order valence-electron chi connectivity index (χ1n) is 11.6. The van der Waals surface area contributed by atoms with E-state index in [1.165, 1.54) is 0 Å². The van der Waals surface area contributed by atoms with Crippen LogP contribution < -0.4 is 10.2 Å². The van der Waals surface area contributed by atoms with E-state index in [0.717, 1.165) is 52.9 Å². The quantitative estimate of drug-likeness (QED) is 0.407. The van der Waals surface area contributed by atoms with Crippen LogP contribution >= 0.6 is 0 Å². The van der Waals surface area contributed by atoms with E-state index in [0.29, 0.717) is 31.4 Å². The molecule has 34 heavy (non-hydrogen) atoms. The molecule has 1 aliphatic rings. The van der Waals surface area contributed by atoms with Gasteiger partial charge in [-0.3, -0.25) is 9.48 Å². The molecule has 8 heteroatoms. The number of carbonyl (C=O) groups is 1. The van der Waals surface area contributed by atoms with Crippen LogP contribution in [0.2, 0.25) is 0 Å². The fourth-order valence-electron chi connectivity index (χ4n) is 4.11. The molecule has 1 N–H and O–H groups in total. The maximum Gasteiger partial charge on any atom is 0.228 e. The minimum atomic E-state index is 0.165. The van der Waals surface area contributed by atoms with Gasteiger partial charge in [0.05, 0.1) is 30.6 Å². The number of carbonyl (C=O) groups excluding carboxylic acids is 1. The van der Waals surface area contributed by atoms with Crippen LogP contribution in [0.25, 0.3) is 22.2 Å². The number of benzene rings is 2. The number of Topliss-reactive ketones (excluding diaryl/α,β-unsaturated/α-hetero) is 1. The number of morpholine rings is 1. The van der Waals surface area contributed by atoms with E-state index in [1.54, 1.807) is 0 Å². The van der Waals surface area contributed by atoms with Crippen molar-refractivity contribution in [1.29, 1.82) is 0 Å². The molecule has 0 amide bonds. The number of aromatic nitrogens is 4. The van der Waals surface area contributed by atoms with Gasteiger partial charge in [-0.1, -0.05) is 19.1 Å². The van der Waals surface area contributed by atoms with E-state index >= 15 is 0 Å². The minimum Gasteiger partial charge on any atom is -0.378 e. The molecule has 0 bridgehead atoms. The Bertz CT molecular complexity index is 1310. The van der Waals surface area contributed by atoms with E-state index < -0.39 is 0 Å². The van der Waals surface area contributed by atoms with Crippen molar-refractivity contribution in [1.82, 2.24) is 19.7 Å². The van der Waals surface area contributed by atoms with Crippen molar-refractivity contribution in [3.05, 3.63) is 60.3 Å². The summed E-state index contributed by atoms with van der Waals surface area (Å²) in [6.07, 6.45) is 3.27. The fraction of sp³-hybridized carbons (Fsp3) is 0.308. The zero-order chi connectivity index (χ0) is 23.5. The lowest BCUT2D eigenvalue weighted by Crippen LogP contribution is -2.37. The Labute approximate surface area is 198 Å². The summed E-state index contributed by atoms with van der Waals surface area (Å²) in [6, 6.07) is 15.7. The van der Waals surface area contributed by atoms with Gasteiger partial charge >= 0.3 is 0 Å². The van der Waals surface area contributed by atoms with Gasteiger partial charge in [-0.25, -0.2) is 4.98 Å². The Morgan fingerprint density at radius 1 is 1.06 bits per heavy atom. The average Bonchev–Trinajstić information content (AvgIpc) is 3.25. The number of fused-ring (bicyclic) bond motifs is 1. The molecule has 1 fully saturated rings. The number of hydrogen-bond donors (Lipinski definition) is 1. The largest absolute Gasteiger partial charge is 0.378 e. The molecule has 2 aromatic carbocycles. The number of aryl methyl sites for hydroxylation is 1. The second-order valence-corrected chi connectivity index (χ2v) is 8.46. The molecule has 1 aliphatic heterocycles. The first-order chi connectivity index (χ1) is 16.6. The van der Waals surface area contributed by atoms with E-state index in [2.05, 4.69) is 33.5 Å². The molecule has 0 saturated carbocycles. The number of nitrogens with zero attached hydrogens (tertiary/aromatic N) is 5. The van der Waals surface area contributed by atoms with Crippen LogP contribution in [0.4, 0.5) is 17.5 Å². The van der Waals surface area contributed by atoms with Crippen molar-refractivity contribution >= 4 is 34.1 Å². The van der Waals surface area contributed by atoms with Crippen LogP contribution in [0, 0.1) is 0 Å².